The zero-order valence-electron chi connectivity index (χ0n) is 24.0. The predicted molar refractivity (Wildman–Crippen MR) is 158 cm³/mol. The SMILES string of the molecule is CCC(C)NC(=O)C(C)N(Cc1cccc(C)c1)C(=O)CN(c1cc(C)ccc1OC)S(=O)(=O)c1ccccc1. The zero-order valence-corrected chi connectivity index (χ0v) is 24.9. The van der Waals surface area contributed by atoms with Crippen molar-refractivity contribution in [1.29, 1.82) is 0 Å². The molecule has 0 aliphatic carbocycles. The third kappa shape index (κ3) is 7.41. The number of amides is 2. The minimum absolute atomic E-state index is 0.0409. The number of anilines is 1. The van der Waals surface area contributed by atoms with Crippen molar-refractivity contribution in [3.05, 3.63) is 89.5 Å². The number of hydrogen-bond donors (Lipinski definition) is 1. The number of carbonyl (C=O) groups is 2. The van der Waals surface area contributed by atoms with Crippen LogP contribution in [0.4, 0.5) is 5.69 Å². The van der Waals surface area contributed by atoms with Crippen molar-refractivity contribution >= 4 is 27.5 Å². The molecule has 0 aromatic heterocycles. The fourth-order valence-corrected chi connectivity index (χ4v) is 5.72. The van der Waals surface area contributed by atoms with Crippen LogP contribution >= 0.6 is 0 Å². The highest BCUT2D eigenvalue weighted by Crippen LogP contribution is 2.33. The van der Waals surface area contributed by atoms with Crippen molar-refractivity contribution in [3.63, 3.8) is 0 Å². The molecule has 1 N–H and O–H groups in total. The Balaban J connectivity index is 2.08. The summed E-state index contributed by atoms with van der Waals surface area (Å²) in [7, 11) is -2.72. The first-order valence-corrected chi connectivity index (χ1v) is 14.8. The average Bonchev–Trinajstić information content (AvgIpc) is 2.94. The Bertz CT molecular complexity index is 1430. The third-order valence-corrected chi connectivity index (χ3v) is 8.59. The van der Waals surface area contributed by atoms with Crippen molar-refractivity contribution in [1.82, 2.24) is 10.2 Å². The number of nitrogens with zero attached hydrogens (tertiary/aromatic N) is 2. The lowest BCUT2D eigenvalue weighted by atomic mass is 10.1. The van der Waals surface area contributed by atoms with Crippen molar-refractivity contribution in [2.45, 2.75) is 64.6 Å². The second-order valence-corrected chi connectivity index (χ2v) is 11.9. The lowest BCUT2D eigenvalue weighted by Gasteiger charge is -2.33. The molecule has 2 unspecified atom stereocenters. The van der Waals surface area contributed by atoms with E-state index in [2.05, 4.69) is 5.32 Å². The molecule has 3 aromatic carbocycles. The lowest BCUT2D eigenvalue weighted by molar-refractivity contribution is -0.139. The number of rotatable bonds is 12. The number of nitrogens with one attached hydrogen (secondary N) is 1. The van der Waals surface area contributed by atoms with E-state index in [-0.39, 0.29) is 29.1 Å². The van der Waals surface area contributed by atoms with Gasteiger partial charge in [0.15, 0.2) is 0 Å². The summed E-state index contributed by atoms with van der Waals surface area (Å²) in [6.45, 7) is 8.93. The normalized spacial score (nSPS) is 12.8. The van der Waals surface area contributed by atoms with Crippen LogP contribution in [-0.4, -0.2) is 50.9 Å². The van der Waals surface area contributed by atoms with Gasteiger partial charge in [0.2, 0.25) is 11.8 Å². The maximum atomic E-state index is 14.1. The molecule has 0 spiro atoms. The molecule has 3 rings (SSSR count). The highest BCUT2D eigenvalue weighted by Gasteiger charge is 2.34. The zero-order chi connectivity index (χ0) is 29.4. The van der Waals surface area contributed by atoms with E-state index in [1.807, 2.05) is 58.0 Å². The molecular weight excluding hydrogens is 526 g/mol. The van der Waals surface area contributed by atoms with Crippen LogP contribution in [0.1, 0.15) is 43.9 Å². The smallest absolute Gasteiger partial charge is 0.264 e. The molecule has 8 nitrogen and oxygen atoms in total. The van der Waals surface area contributed by atoms with Crippen LogP contribution in [0, 0.1) is 13.8 Å². The van der Waals surface area contributed by atoms with E-state index in [0.717, 1.165) is 27.4 Å². The van der Waals surface area contributed by atoms with Crippen LogP contribution in [0.5, 0.6) is 5.75 Å². The van der Waals surface area contributed by atoms with Crippen molar-refractivity contribution in [3.8, 4) is 5.75 Å². The Labute approximate surface area is 238 Å². The molecule has 214 valence electrons. The quantitative estimate of drug-likeness (QED) is 0.339. The predicted octanol–water partition coefficient (Wildman–Crippen LogP) is 4.84. The van der Waals surface area contributed by atoms with E-state index in [9.17, 15) is 18.0 Å². The molecule has 0 saturated carbocycles. The van der Waals surface area contributed by atoms with Gasteiger partial charge in [-0.3, -0.25) is 13.9 Å². The molecule has 2 atom stereocenters. The molecule has 0 saturated heterocycles. The summed E-state index contributed by atoms with van der Waals surface area (Å²) in [4.78, 5) is 28.7. The first-order chi connectivity index (χ1) is 19.0. The third-order valence-electron chi connectivity index (χ3n) is 6.82. The van der Waals surface area contributed by atoms with E-state index >= 15 is 0 Å². The van der Waals surface area contributed by atoms with E-state index in [0.29, 0.717) is 5.75 Å². The fourth-order valence-electron chi connectivity index (χ4n) is 4.28. The standard InChI is InChI=1S/C31H39N3O5S/c1-7-24(4)32-31(36)25(5)33(20-26-13-11-12-22(2)18-26)30(35)21-34(28-19-23(3)16-17-29(28)39-6)40(37,38)27-14-9-8-10-15-27/h8-19,24-25H,7,20-21H2,1-6H3,(H,32,36). The van der Waals surface area contributed by atoms with Crippen LogP contribution in [0.25, 0.3) is 0 Å². The minimum atomic E-state index is -4.18. The van der Waals surface area contributed by atoms with Gasteiger partial charge in [-0.1, -0.05) is 61.0 Å². The Morgan fingerprint density at radius 3 is 2.23 bits per heavy atom. The van der Waals surface area contributed by atoms with Crippen LogP contribution in [-0.2, 0) is 26.2 Å². The monoisotopic (exact) mass is 565 g/mol. The molecule has 0 bridgehead atoms. The number of aryl methyl sites for hydroxylation is 2. The average molecular weight is 566 g/mol. The molecule has 40 heavy (non-hydrogen) atoms. The van der Waals surface area contributed by atoms with Gasteiger partial charge in [0.05, 0.1) is 17.7 Å². The van der Waals surface area contributed by atoms with Crippen molar-refractivity contribution in [2.24, 2.45) is 0 Å². The van der Waals surface area contributed by atoms with Crippen LogP contribution < -0.4 is 14.4 Å². The number of ether oxygens (including phenoxy) is 1. The first-order valence-electron chi connectivity index (χ1n) is 13.4. The molecule has 0 fully saturated rings. The van der Waals surface area contributed by atoms with Gasteiger partial charge in [-0.25, -0.2) is 8.42 Å². The first kappa shape index (κ1) is 30.7. The van der Waals surface area contributed by atoms with E-state index < -0.39 is 28.5 Å². The van der Waals surface area contributed by atoms with E-state index in [1.165, 1.54) is 24.1 Å². The molecule has 0 aliphatic heterocycles. The van der Waals surface area contributed by atoms with E-state index in [1.54, 1.807) is 37.3 Å². The van der Waals surface area contributed by atoms with Gasteiger partial charge in [0.1, 0.15) is 18.3 Å². The summed E-state index contributed by atoms with van der Waals surface area (Å²) in [5, 5.41) is 2.94. The van der Waals surface area contributed by atoms with Crippen molar-refractivity contribution in [2.75, 3.05) is 18.0 Å². The number of methoxy groups -OCH3 is 1. The fraction of sp³-hybridized carbons (Fsp3) is 0.355. The number of benzene rings is 3. The lowest BCUT2D eigenvalue weighted by Crippen LogP contribution is -2.52. The highest BCUT2D eigenvalue weighted by molar-refractivity contribution is 7.92. The summed E-state index contributed by atoms with van der Waals surface area (Å²) in [5.74, 6) is -0.511. The maximum Gasteiger partial charge on any atom is 0.264 e. The summed E-state index contributed by atoms with van der Waals surface area (Å²) >= 11 is 0. The van der Waals surface area contributed by atoms with Gasteiger partial charge >= 0.3 is 0 Å². The second-order valence-electron chi connectivity index (χ2n) is 10.0. The number of sulfonamides is 1. The minimum Gasteiger partial charge on any atom is -0.495 e. The van der Waals surface area contributed by atoms with Gasteiger partial charge in [-0.2, -0.15) is 0 Å². The number of hydrogen-bond acceptors (Lipinski definition) is 5. The van der Waals surface area contributed by atoms with E-state index in [4.69, 9.17) is 4.74 Å². The molecule has 9 heteroatoms. The summed E-state index contributed by atoms with van der Waals surface area (Å²) in [5.41, 5.74) is 2.89. The van der Waals surface area contributed by atoms with Gasteiger partial charge in [-0.15, -0.1) is 0 Å². The van der Waals surface area contributed by atoms with Gasteiger partial charge < -0.3 is 15.0 Å². The molecule has 0 heterocycles. The van der Waals surface area contributed by atoms with Crippen molar-refractivity contribution < 1.29 is 22.7 Å². The van der Waals surface area contributed by atoms with Crippen LogP contribution in [0.15, 0.2) is 77.7 Å². The molecule has 0 radical (unpaired) electrons. The topological polar surface area (TPSA) is 96.0 Å². The Kier molecular flexibility index (Phi) is 10.3. The molecular formula is C31H39N3O5S. The molecule has 2 amide bonds. The summed E-state index contributed by atoms with van der Waals surface area (Å²) in [6.07, 6.45) is 0.737. The molecule has 0 aliphatic rings. The van der Waals surface area contributed by atoms with Crippen LogP contribution in [0.2, 0.25) is 0 Å². The van der Waals surface area contributed by atoms with Gasteiger partial charge in [0, 0.05) is 12.6 Å². The largest absolute Gasteiger partial charge is 0.495 e. The van der Waals surface area contributed by atoms with Gasteiger partial charge in [-0.05, 0) is 69.5 Å². The second kappa shape index (κ2) is 13.5. The Morgan fingerprint density at radius 2 is 1.60 bits per heavy atom. The number of carbonyl (C=O) groups excluding carboxylic acids is 2. The highest BCUT2D eigenvalue weighted by atomic mass is 32.2. The summed E-state index contributed by atoms with van der Waals surface area (Å²) in [6, 6.07) is 19.9. The maximum absolute atomic E-state index is 14.1. The summed E-state index contributed by atoms with van der Waals surface area (Å²) < 4.78 is 34.5. The molecule has 3 aromatic rings. The van der Waals surface area contributed by atoms with Crippen LogP contribution in [0.3, 0.4) is 0 Å². The Hall–Kier alpha value is -3.85. The van der Waals surface area contributed by atoms with Gasteiger partial charge in [0.25, 0.3) is 10.0 Å². The Morgan fingerprint density at radius 1 is 0.925 bits per heavy atom.